The quantitative estimate of drug-likeness (QED) is 0.831. The average Bonchev–Trinajstić information content (AvgIpc) is 2.76. The smallest absolute Gasteiger partial charge is 0.181 e. The van der Waals surface area contributed by atoms with E-state index in [1.54, 1.807) is 5.51 Å². The summed E-state index contributed by atoms with van der Waals surface area (Å²) in [6.45, 7) is 0. The third-order valence-electron chi connectivity index (χ3n) is 1.18. The first kappa shape index (κ1) is 9.86. The number of rotatable bonds is 2. The molecule has 0 aliphatic heterocycles. The minimum atomic E-state index is 0.254. The Morgan fingerprint density at radius 1 is 1.50 bits per heavy atom. The van der Waals surface area contributed by atoms with Gasteiger partial charge in [-0.05, 0) is 11.8 Å². The van der Waals surface area contributed by atoms with Crippen LogP contribution in [0.15, 0.2) is 14.2 Å². The highest BCUT2D eigenvalue weighted by Crippen LogP contribution is 2.34. The van der Waals surface area contributed by atoms with Crippen LogP contribution in [-0.2, 0) is 0 Å². The molecular formula is C6HClN4S3. The van der Waals surface area contributed by atoms with Gasteiger partial charge in [0.1, 0.15) is 16.5 Å². The van der Waals surface area contributed by atoms with Crippen molar-refractivity contribution < 1.29 is 0 Å². The van der Waals surface area contributed by atoms with Crippen LogP contribution in [0.3, 0.4) is 0 Å². The molecule has 2 rings (SSSR count). The molecule has 0 saturated heterocycles. The Kier molecular flexibility index (Phi) is 2.98. The predicted octanol–water partition coefficient (Wildman–Crippen LogP) is 2.67. The second-order valence-corrected chi connectivity index (χ2v) is 5.70. The summed E-state index contributed by atoms with van der Waals surface area (Å²) in [4.78, 5) is 4.45. The first-order valence-electron chi connectivity index (χ1n) is 3.30. The first-order chi connectivity index (χ1) is 6.79. The van der Waals surface area contributed by atoms with Crippen LogP contribution < -0.4 is 0 Å². The van der Waals surface area contributed by atoms with Crippen molar-refractivity contribution in [1.29, 1.82) is 5.26 Å². The van der Waals surface area contributed by atoms with Gasteiger partial charge in [0.05, 0.1) is 0 Å². The van der Waals surface area contributed by atoms with Crippen molar-refractivity contribution in [2.24, 2.45) is 0 Å². The zero-order valence-electron chi connectivity index (χ0n) is 6.47. The molecule has 0 atom stereocenters. The molecule has 0 aromatic carbocycles. The summed E-state index contributed by atoms with van der Waals surface area (Å²) in [5, 5.41) is 16.5. The Morgan fingerprint density at radius 3 is 2.93 bits per heavy atom. The molecule has 2 aromatic rings. The first-order valence-corrected chi connectivity index (χ1v) is 6.19. The third-order valence-corrected chi connectivity index (χ3v) is 4.37. The summed E-state index contributed by atoms with van der Waals surface area (Å²) < 4.78 is 1.50. The fourth-order valence-corrected chi connectivity index (χ4v) is 3.53. The van der Waals surface area contributed by atoms with E-state index >= 15 is 0 Å². The van der Waals surface area contributed by atoms with E-state index in [9.17, 15) is 0 Å². The minimum Gasteiger partial charge on any atom is -0.216 e. The van der Waals surface area contributed by atoms with Gasteiger partial charge in [0.25, 0.3) is 0 Å². The Hall–Kier alpha value is -0.680. The van der Waals surface area contributed by atoms with E-state index in [1.165, 1.54) is 34.4 Å². The maximum absolute atomic E-state index is 8.66. The number of nitriles is 1. The van der Waals surface area contributed by atoms with E-state index in [0.717, 1.165) is 4.34 Å². The lowest BCUT2D eigenvalue weighted by Gasteiger charge is -1.85. The second kappa shape index (κ2) is 4.23. The van der Waals surface area contributed by atoms with Gasteiger partial charge in [0, 0.05) is 0 Å². The summed E-state index contributed by atoms with van der Waals surface area (Å²) >= 11 is 9.75. The molecule has 0 saturated carbocycles. The molecule has 4 nitrogen and oxygen atoms in total. The molecule has 0 unspecified atom stereocenters. The van der Waals surface area contributed by atoms with Crippen molar-refractivity contribution in [3.8, 4) is 6.07 Å². The van der Waals surface area contributed by atoms with Crippen LogP contribution in [0, 0.1) is 11.3 Å². The van der Waals surface area contributed by atoms with Gasteiger partial charge in [-0.1, -0.05) is 34.3 Å². The van der Waals surface area contributed by atoms with E-state index in [-0.39, 0.29) is 5.15 Å². The SMILES string of the molecule is N#Cc1sc(Sc2nncs2)nc1Cl. The van der Waals surface area contributed by atoms with Crippen LogP contribution in [-0.4, -0.2) is 15.2 Å². The van der Waals surface area contributed by atoms with Gasteiger partial charge in [-0.3, -0.25) is 0 Å². The zero-order valence-corrected chi connectivity index (χ0v) is 9.67. The molecule has 0 bridgehead atoms. The summed E-state index contributed by atoms with van der Waals surface area (Å²) in [6.07, 6.45) is 0. The lowest BCUT2D eigenvalue weighted by atomic mass is 10.6. The Balaban J connectivity index is 2.23. The number of aromatic nitrogens is 3. The molecule has 70 valence electrons. The standard InChI is InChI=1S/C6HClN4S3/c7-4-3(1-8)13-5(10-4)14-6-11-9-2-12-6/h2H. The lowest BCUT2D eigenvalue weighted by molar-refractivity contribution is 1.01. The predicted molar refractivity (Wildman–Crippen MR) is 55.9 cm³/mol. The molecule has 0 spiro atoms. The average molecular weight is 261 g/mol. The van der Waals surface area contributed by atoms with Crippen molar-refractivity contribution in [3.63, 3.8) is 0 Å². The maximum atomic E-state index is 8.66. The Labute approximate surface area is 96.6 Å². The summed E-state index contributed by atoms with van der Waals surface area (Å²) in [5.41, 5.74) is 1.64. The molecule has 0 N–H and O–H groups in total. The third kappa shape index (κ3) is 2.04. The molecule has 8 heteroatoms. The van der Waals surface area contributed by atoms with Gasteiger partial charge in [-0.25, -0.2) is 4.98 Å². The van der Waals surface area contributed by atoms with E-state index < -0.39 is 0 Å². The van der Waals surface area contributed by atoms with Gasteiger partial charge >= 0.3 is 0 Å². The van der Waals surface area contributed by atoms with Crippen LogP contribution in [0.1, 0.15) is 4.88 Å². The Bertz CT molecular complexity index is 472. The maximum Gasteiger partial charge on any atom is 0.181 e. The monoisotopic (exact) mass is 260 g/mol. The van der Waals surface area contributed by atoms with Gasteiger partial charge in [-0.2, -0.15) is 5.26 Å². The van der Waals surface area contributed by atoms with E-state index in [0.29, 0.717) is 9.22 Å². The van der Waals surface area contributed by atoms with Crippen LogP contribution in [0.5, 0.6) is 0 Å². The minimum absolute atomic E-state index is 0.254. The van der Waals surface area contributed by atoms with Crippen LogP contribution in [0.2, 0.25) is 5.15 Å². The molecule has 0 amide bonds. The molecule has 0 aliphatic carbocycles. The van der Waals surface area contributed by atoms with E-state index in [2.05, 4.69) is 15.2 Å². The normalized spacial score (nSPS) is 10.0. The molecule has 2 heterocycles. The summed E-state index contributed by atoms with van der Waals surface area (Å²) in [5.74, 6) is 0. The number of hydrogen-bond donors (Lipinski definition) is 0. The summed E-state index contributed by atoms with van der Waals surface area (Å²) in [7, 11) is 0. The number of hydrogen-bond acceptors (Lipinski definition) is 7. The number of nitrogens with zero attached hydrogens (tertiary/aromatic N) is 4. The zero-order chi connectivity index (χ0) is 9.97. The van der Waals surface area contributed by atoms with Crippen molar-refractivity contribution in [1.82, 2.24) is 15.2 Å². The van der Waals surface area contributed by atoms with Gasteiger partial charge in [-0.15, -0.1) is 10.2 Å². The van der Waals surface area contributed by atoms with E-state index in [4.69, 9.17) is 16.9 Å². The molecule has 14 heavy (non-hydrogen) atoms. The highest BCUT2D eigenvalue weighted by atomic mass is 35.5. The number of halogens is 1. The van der Waals surface area contributed by atoms with Crippen LogP contribution in [0.25, 0.3) is 0 Å². The highest BCUT2D eigenvalue weighted by molar-refractivity contribution is 8.02. The van der Waals surface area contributed by atoms with Crippen molar-refractivity contribution in [3.05, 3.63) is 15.5 Å². The molecule has 0 aliphatic rings. The van der Waals surface area contributed by atoms with Crippen molar-refractivity contribution >= 4 is 46.0 Å². The molecule has 0 radical (unpaired) electrons. The van der Waals surface area contributed by atoms with Crippen molar-refractivity contribution in [2.75, 3.05) is 0 Å². The van der Waals surface area contributed by atoms with Crippen molar-refractivity contribution in [2.45, 2.75) is 8.68 Å². The van der Waals surface area contributed by atoms with Gasteiger partial charge in [0.2, 0.25) is 0 Å². The highest BCUT2D eigenvalue weighted by Gasteiger charge is 2.10. The van der Waals surface area contributed by atoms with Gasteiger partial charge in [0.15, 0.2) is 13.8 Å². The Morgan fingerprint density at radius 2 is 2.36 bits per heavy atom. The topological polar surface area (TPSA) is 62.5 Å². The van der Waals surface area contributed by atoms with Crippen LogP contribution in [0.4, 0.5) is 0 Å². The summed E-state index contributed by atoms with van der Waals surface area (Å²) in [6, 6.07) is 1.97. The van der Waals surface area contributed by atoms with Crippen LogP contribution >= 0.6 is 46.0 Å². The van der Waals surface area contributed by atoms with E-state index in [1.807, 2.05) is 6.07 Å². The number of thiazole rings is 1. The largest absolute Gasteiger partial charge is 0.216 e. The van der Waals surface area contributed by atoms with Gasteiger partial charge < -0.3 is 0 Å². The lowest BCUT2D eigenvalue weighted by Crippen LogP contribution is -1.70. The molecule has 0 fully saturated rings. The molecular weight excluding hydrogens is 260 g/mol. The fourth-order valence-electron chi connectivity index (χ4n) is 0.678. The second-order valence-electron chi connectivity index (χ2n) is 2.02. The molecule has 2 aromatic heterocycles. The fraction of sp³-hybridized carbons (Fsp3) is 0.